The second-order valence-electron chi connectivity index (χ2n) is 5.46. The summed E-state index contributed by atoms with van der Waals surface area (Å²) in [5, 5.41) is 0. The zero-order valence-electron chi connectivity index (χ0n) is 14.7. The molecule has 138 valence electrons. The zero-order valence-corrected chi connectivity index (χ0v) is 14.7. The minimum absolute atomic E-state index is 0.162. The predicted molar refractivity (Wildman–Crippen MR) is 94.7 cm³/mol. The Balaban J connectivity index is 2.00. The molecule has 0 aliphatic carbocycles. The second kappa shape index (κ2) is 9.41. The lowest BCUT2D eigenvalue weighted by molar-refractivity contribution is 0.0844. The molecule has 0 atom stereocenters. The lowest BCUT2D eigenvalue weighted by Gasteiger charge is -2.12. The average molecular weight is 360 g/mol. The lowest BCUT2D eigenvalue weighted by atomic mass is 10.2. The summed E-state index contributed by atoms with van der Waals surface area (Å²) < 4.78 is 24.4. The van der Waals surface area contributed by atoms with Crippen LogP contribution in [0.3, 0.4) is 0 Å². The Kier molecular flexibility index (Phi) is 6.96. The molecule has 0 radical (unpaired) electrons. The fourth-order valence-electron chi connectivity index (χ4n) is 2.15. The lowest BCUT2D eigenvalue weighted by Crippen LogP contribution is -2.41. The molecule has 0 fully saturated rings. The molecule has 0 aliphatic rings. The number of hydrazine groups is 1. The van der Waals surface area contributed by atoms with E-state index in [0.717, 1.165) is 12.8 Å². The minimum atomic E-state index is -0.747. The van der Waals surface area contributed by atoms with Gasteiger partial charge in [-0.05, 0) is 36.8 Å². The van der Waals surface area contributed by atoms with E-state index in [4.69, 9.17) is 9.47 Å². The van der Waals surface area contributed by atoms with Gasteiger partial charge in [-0.3, -0.25) is 20.4 Å². The molecule has 0 saturated carbocycles. The summed E-state index contributed by atoms with van der Waals surface area (Å²) in [6, 6.07) is 10.2. The maximum absolute atomic E-state index is 13.6. The third kappa shape index (κ3) is 4.95. The third-order valence-electron chi connectivity index (χ3n) is 3.59. The molecule has 0 heterocycles. The van der Waals surface area contributed by atoms with Crippen LogP contribution in [0.4, 0.5) is 4.39 Å². The number of halogens is 1. The van der Waals surface area contributed by atoms with Gasteiger partial charge < -0.3 is 9.47 Å². The van der Waals surface area contributed by atoms with Crippen molar-refractivity contribution in [1.82, 2.24) is 10.9 Å². The van der Waals surface area contributed by atoms with Gasteiger partial charge in [0.15, 0.2) is 11.5 Å². The summed E-state index contributed by atoms with van der Waals surface area (Å²) in [6.45, 7) is 2.61. The van der Waals surface area contributed by atoms with Gasteiger partial charge in [0.2, 0.25) is 0 Å². The number of rotatable bonds is 7. The van der Waals surface area contributed by atoms with Crippen molar-refractivity contribution in [2.75, 3.05) is 13.7 Å². The molecule has 6 nitrogen and oxygen atoms in total. The van der Waals surface area contributed by atoms with E-state index < -0.39 is 17.6 Å². The molecule has 26 heavy (non-hydrogen) atoms. The van der Waals surface area contributed by atoms with Crippen molar-refractivity contribution < 1.29 is 23.5 Å². The predicted octanol–water partition coefficient (Wildman–Crippen LogP) is 3.09. The highest BCUT2D eigenvalue weighted by Crippen LogP contribution is 2.28. The van der Waals surface area contributed by atoms with Gasteiger partial charge in [0, 0.05) is 5.56 Å². The van der Waals surface area contributed by atoms with Crippen LogP contribution in [0.2, 0.25) is 0 Å². The van der Waals surface area contributed by atoms with Crippen LogP contribution in [-0.2, 0) is 0 Å². The van der Waals surface area contributed by atoms with E-state index in [0.29, 0.717) is 18.1 Å². The molecule has 0 aromatic heterocycles. The smallest absolute Gasteiger partial charge is 0.272 e. The van der Waals surface area contributed by atoms with E-state index in [2.05, 4.69) is 17.8 Å². The Labute approximate surface area is 151 Å². The van der Waals surface area contributed by atoms with E-state index in [9.17, 15) is 14.0 Å². The van der Waals surface area contributed by atoms with Crippen molar-refractivity contribution in [3.8, 4) is 11.5 Å². The number of amides is 2. The van der Waals surface area contributed by atoms with Gasteiger partial charge in [-0.1, -0.05) is 25.5 Å². The van der Waals surface area contributed by atoms with Crippen molar-refractivity contribution in [3.63, 3.8) is 0 Å². The summed E-state index contributed by atoms with van der Waals surface area (Å²) in [5.41, 5.74) is 4.53. The molecular formula is C19H21FN2O4. The van der Waals surface area contributed by atoms with Crippen LogP contribution in [0.5, 0.6) is 11.5 Å². The largest absolute Gasteiger partial charge is 0.493 e. The van der Waals surface area contributed by atoms with Gasteiger partial charge >= 0.3 is 0 Å². The molecule has 0 unspecified atom stereocenters. The number of nitrogens with one attached hydrogen (secondary N) is 2. The molecule has 0 bridgehead atoms. The summed E-state index contributed by atoms with van der Waals surface area (Å²) in [5.74, 6) is -1.03. The number of ether oxygens (including phenoxy) is 2. The maximum atomic E-state index is 13.6. The number of benzene rings is 2. The third-order valence-corrected chi connectivity index (χ3v) is 3.59. The molecule has 0 spiro atoms. The number of carbonyl (C=O) groups excluding carboxylic acids is 2. The van der Waals surface area contributed by atoms with Gasteiger partial charge in [0.1, 0.15) is 5.82 Å². The normalized spacial score (nSPS) is 10.1. The fourth-order valence-corrected chi connectivity index (χ4v) is 2.15. The van der Waals surface area contributed by atoms with Gasteiger partial charge in [0.25, 0.3) is 11.8 Å². The van der Waals surface area contributed by atoms with Crippen molar-refractivity contribution in [1.29, 1.82) is 0 Å². The molecule has 0 aliphatic heterocycles. The van der Waals surface area contributed by atoms with Gasteiger partial charge in [-0.2, -0.15) is 0 Å². The molecule has 2 N–H and O–H groups in total. The van der Waals surface area contributed by atoms with E-state index in [1.54, 1.807) is 12.1 Å². The first-order chi connectivity index (χ1) is 12.6. The summed E-state index contributed by atoms with van der Waals surface area (Å²) in [4.78, 5) is 24.1. The highest BCUT2D eigenvalue weighted by molar-refractivity contribution is 5.99. The van der Waals surface area contributed by atoms with E-state index in [1.807, 2.05) is 0 Å². The van der Waals surface area contributed by atoms with Crippen LogP contribution in [0.1, 0.15) is 40.5 Å². The quantitative estimate of drug-likeness (QED) is 0.588. The number of methoxy groups -OCH3 is 1. The average Bonchev–Trinajstić information content (AvgIpc) is 2.66. The molecule has 2 rings (SSSR count). The van der Waals surface area contributed by atoms with Crippen LogP contribution in [0.15, 0.2) is 42.5 Å². The highest BCUT2D eigenvalue weighted by atomic mass is 19.1. The van der Waals surface area contributed by atoms with E-state index >= 15 is 0 Å². The fraction of sp³-hybridized carbons (Fsp3) is 0.263. The molecule has 2 aromatic rings. The molecule has 0 saturated heterocycles. The molecule has 2 amide bonds. The summed E-state index contributed by atoms with van der Waals surface area (Å²) in [7, 11) is 1.48. The van der Waals surface area contributed by atoms with Gasteiger partial charge in [-0.25, -0.2) is 4.39 Å². The van der Waals surface area contributed by atoms with Gasteiger partial charge in [-0.15, -0.1) is 0 Å². The second-order valence-corrected chi connectivity index (χ2v) is 5.46. The van der Waals surface area contributed by atoms with E-state index in [-0.39, 0.29) is 11.1 Å². The number of carbonyl (C=O) groups is 2. The minimum Gasteiger partial charge on any atom is -0.493 e. The Morgan fingerprint density at radius 1 is 1.04 bits per heavy atom. The highest BCUT2D eigenvalue weighted by Gasteiger charge is 2.14. The molecule has 2 aromatic carbocycles. The van der Waals surface area contributed by atoms with E-state index in [1.165, 1.54) is 37.4 Å². The molecule has 7 heteroatoms. The maximum Gasteiger partial charge on any atom is 0.272 e. The number of unbranched alkanes of at least 4 members (excludes halogenated alkanes) is 1. The van der Waals surface area contributed by atoms with Crippen molar-refractivity contribution >= 4 is 11.8 Å². The Hall–Kier alpha value is -3.09. The van der Waals surface area contributed by atoms with Crippen LogP contribution >= 0.6 is 0 Å². The van der Waals surface area contributed by atoms with Crippen molar-refractivity contribution in [2.24, 2.45) is 0 Å². The van der Waals surface area contributed by atoms with Crippen LogP contribution in [-0.4, -0.2) is 25.5 Å². The molecular weight excluding hydrogens is 339 g/mol. The first kappa shape index (κ1) is 19.2. The van der Waals surface area contributed by atoms with Crippen LogP contribution in [0.25, 0.3) is 0 Å². The van der Waals surface area contributed by atoms with Crippen molar-refractivity contribution in [2.45, 2.75) is 19.8 Å². The summed E-state index contributed by atoms with van der Waals surface area (Å²) >= 11 is 0. The van der Waals surface area contributed by atoms with Gasteiger partial charge in [0.05, 0.1) is 19.3 Å². The topological polar surface area (TPSA) is 76.7 Å². The first-order valence-electron chi connectivity index (χ1n) is 8.22. The Bertz CT molecular complexity index is 780. The van der Waals surface area contributed by atoms with Crippen LogP contribution in [0, 0.1) is 5.82 Å². The Morgan fingerprint density at radius 2 is 1.77 bits per heavy atom. The monoisotopic (exact) mass is 360 g/mol. The standard InChI is InChI=1S/C19H21FN2O4/c1-3-4-11-26-16-10-9-13(12-17(16)25-2)18(23)21-22-19(24)14-7-5-6-8-15(14)20/h5-10,12H,3-4,11H2,1-2H3,(H,21,23)(H,22,24). The SMILES string of the molecule is CCCCOc1ccc(C(=O)NNC(=O)c2ccccc2F)cc1OC. The van der Waals surface area contributed by atoms with Crippen molar-refractivity contribution in [3.05, 3.63) is 59.4 Å². The number of hydrogen-bond acceptors (Lipinski definition) is 4. The summed E-state index contributed by atoms with van der Waals surface area (Å²) in [6.07, 6.45) is 1.91. The number of hydrogen-bond donors (Lipinski definition) is 2. The Morgan fingerprint density at radius 3 is 2.46 bits per heavy atom. The van der Waals surface area contributed by atoms with Crippen LogP contribution < -0.4 is 20.3 Å². The first-order valence-corrected chi connectivity index (χ1v) is 8.22. The zero-order chi connectivity index (χ0) is 18.9.